The number of pyridine rings is 1. The number of aryl methyl sites for hydroxylation is 1. The highest BCUT2D eigenvalue weighted by Gasteiger charge is 2.18. The van der Waals surface area contributed by atoms with Gasteiger partial charge in [0.15, 0.2) is 0 Å². The van der Waals surface area contributed by atoms with Gasteiger partial charge >= 0.3 is 0 Å². The summed E-state index contributed by atoms with van der Waals surface area (Å²) in [7, 11) is 1.60. The minimum atomic E-state index is -0.370. The summed E-state index contributed by atoms with van der Waals surface area (Å²) in [4.78, 5) is 4.15. The molecule has 0 saturated heterocycles. The van der Waals surface area contributed by atoms with Crippen LogP contribution in [-0.4, -0.2) is 17.2 Å². The SMILES string of the molecule is COc1ncccc1COc1ccc2c(c1)C(O)CCC2. The van der Waals surface area contributed by atoms with E-state index in [9.17, 15) is 5.11 Å². The van der Waals surface area contributed by atoms with Crippen LogP contribution in [0.25, 0.3) is 0 Å². The van der Waals surface area contributed by atoms with Crippen molar-refractivity contribution in [2.45, 2.75) is 32.0 Å². The molecule has 0 bridgehead atoms. The number of hydrogen-bond donors (Lipinski definition) is 1. The number of aliphatic hydroxyl groups is 1. The van der Waals surface area contributed by atoms with Crippen LogP contribution in [0.5, 0.6) is 11.6 Å². The molecule has 0 fully saturated rings. The van der Waals surface area contributed by atoms with Crippen LogP contribution < -0.4 is 9.47 Å². The first-order valence-electron chi connectivity index (χ1n) is 7.19. The van der Waals surface area contributed by atoms with Gasteiger partial charge in [-0.25, -0.2) is 4.98 Å². The molecular formula is C17H19NO3. The van der Waals surface area contributed by atoms with E-state index in [0.717, 1.165) is 36.1 Å². The van der Waals surface area contributed by atoms with Gasteiger partial charge in [-0.05, 0) is 54.7 Å². The highest BCUT2D eigenvalue weighted by atomic mass is 16.5. The van der Waals surface area contributed by atoms with E-state index in [0.29, 0.717) is 12.5 Å². The molecule has 1 aliphatic rings. The first kappa shape index (κ1) is 13.9. The second-order valence-corrected chi connectivity index (χ2v) is 5.23. The van der Waals surface area contributed by atoms with Crippen LogP contribution in [0.4, 0.5) is 0 Å². The summed E-state index contributed by atoms with van der Waals surface area (Å²) in [5.41, 5.74) is 3.12. The predicted molar refractivity (Wildman–Crippen MR) is 79.5 cm³/mol. The number of nitrogens with zero attached hydrogens (tertiary/aromatic N) is 1. The van der Waals surface area contributed by atoms with Crippen molar-refractivity contribution in [2.24, 2.45) is 0 Å². The summed E-state index contributed by atoms with van der Waals surface area (Å²) in [6.45, 7) is 0.395. The van der Waals surface area contributed by atoms with Gasteiger partial charge in [0.25, 0.3) is 0 Å². The minimum absolute atomic E-state index is 0.370. The van der Waals surface area contributed by atoms with Gasteiger partial charge < -0.3 is 14.6 Å². The molecule has 1 aromatic carbocycles. The molecule has 0 amide bonds. The lowest BCUT2D eigenvalue weighted by atomic mass is 9.89. The van der Waals surface area contributed by atoms with Gasteiger partial charge in [-0.1, -0.05) is 6.07 Å². The molecule has 4 nitrogen and oxygen atoms in total. The lowest BCUT2D eigenvalue weighted by Gasteiger charge is -2.22. The Morgan fingerprint density at radius 1 is 1.33 bits per heavy atom. The highest BCUT2D eigenvalue weighted by Crippen LogP contribution is 2.32. The Kier molecular flexibility index (Phi) is 4.06. The second kappa shape index (κ2) is 6.14. The Bertz CT molecular complexity index is 627. The van der Waals surface area contributed by atoms with E-state index in [-0.39, 0.29) is 6.10 Å². The number of methoxy groups -OCH3 is 1. The van der Waals surface area contributed by atoms with Crippen molar-refractivity contribution in [3.8, 4) is 11.6 Å². The van der Waals surface area contributed by atoms with Gasteiger partial charge in [0.2, 0.25) is 5.88 Å². The molecule has 1 heterocycles. The van der Waals surface area contributed by atoms with Gasteiger partial charge in [-0.3, -0.25) is 0 Å². The Hall–Kier alpha value is -2.07. The van der Waals surface area contributed by atoms with E-state index < -0.39 is 0 Å². The summed E-state index contributed by atoms with van der Waals surface area (Å²) in [5, 5.41) is 10.1. The molecule has 1 N–H and O–H groups in total. The topological polar surface area (TPSA) is 51.6 Å². The number of aliphatic hydroxyl groups excluding tert-OH is 1. The number of fused-ring (bicyclic) bond motifs is 1. The molecular weight excluding hydrogens is 266 g/mol. The normalized spacial score (nSPS) is 17.1. The first-order valence-corrected chi connectivity index (χ1v) is 7.19. The number of aromatic nitrogens is 1. The fourth-order valence-electron chi connectivity index (χ4n) is 2.72. The summed E-state index contributed by atoms with van der Waals surface area (Å²) < 4.78 is 11.0. The first-order chi connectivity index (χ1) is 10.3. The predicted octanol–water partition coefficient (Wildman–Crippen LogP) is 3.04. The van der Waals surface area contributed by atoms with Gasteiger partial charge in [-0.2, -0.15) is 0 Å². The van der Waals surface area contributed by atoms with E-state index in [1.54, 1.807) is 13.3 Å². The molecule has 1 aromatic heterocycles. The quantitative estimate of drug-likeness (QED) is 0.938. The molecule has 0 aliphatic heterocycles. The van der Waals surface area contributed by atoms with Crippen LogP contribution >= 0.6 is 0 Å². The zero-order valence-corrected chi connectivity index (χ0v) is 12.1. The Labute approximate surface area is 124 Å². The molecule has 0 saturated carbocycles. The third-order valence-corrected chi connectivity index (χ3v) is 3.84. The Morgan fingerprint density at radius 2 is 2.24 bits per heavy atom. The van der Waals surface area contributed by atoms with Gasteiger partial charge in [0.05, 0.1) is 18.8 Å². The van der Waals surface area contributed by atoms with Crippen LogP contribution in [0.15, 0.2) is 36.5 Å². The molecule has 0 spiro atoms. The maximum Gasteiger partial charge on any atom is 0.219 e. The maximum atomic E-state index is 10.1. The van der Waals surface area contributed by atoms with Crippen molar-refractivity contribution in [1.29, 1.82) is 0 Å². The Balaban J connectivity index is 1.75. The lowest BCUT2D eigenvalue weighted by Crippen LogP contribution is -2.09. The number of benzene rings is 1. The third kappa shape index (κ3) is 3.00. The summed E-state index contributed by atoms with van der Waals surface area (Å²) in [6.07, 6.45) is 4.22. The highest BCUT2D eigenvalue weighted by molar-refractivity contribution is 5.38. The molecule has 3 rings (SSSR count). The maximum absolute atomic E-state index is 10.1. The molecule has 110 valence electrons. The van der Waals surface area contributed by atoms with E-state index in [4.69, 9.17) is 9.47 Å². The average Bonchev–Trinajstić information content (AvgIpc) is 2.54. The van der Waals surface area contributed by atoms with Crippen molar-refractivity contribution < 1.29 is 14.6 Å². The molecule has 2 aromatic rings. The van der Waals surface area contributed by atoms with E-state index in [2.05, 4.69) is 4.98 Å². The summed E-state index contributed by atoms with van der Waals surface area (Å²) in [5.74, 6) is 1.34. The fourth-order valence-corrected chi connectivity index (χ4v) is 2.72. The molecule has 0 radical (unpaired) electrons. The summed E-state index contributed by atoms with van der Waals surface area (Å²) >= 11 is 0. The smallest absolute Gasteiger partial charge is 0.219 e. The van der Waals surface area contributed by atoms with Crippen LogP contribution in [-0.2, 0) is 13.0 Å². The van der Waals surface area contributed by atoms with Crippen LogP contribution in [0, 0.1) is 0 Å². The zero-order chi connectivity index (χ0) is 14.7. The van der Waals surface area contributed by atoms with Gasteiger partial charge in [0.1, 0.15) is 12.4 Å². The second-order valence-electron chi connectivity index (χ2n) is 5.23. The summed E-state index contributed by atoms with van der Waals surface area (Å²) in [6, 6.07) is 9.74. The van der Waals surface area contributed by atoms with Crippen molar-refractivity contribution in [3.05, 3.63) is 53.2 Å². The van der Waals surface area contributed by atoms with Crippen molar-refractivity contribution in [2.75, 3.05) is 7.11 Å². The molecule has 1 atom stereocenters. The standard InChI is InChI=1S/C17H19NO3/c1-20-17-13(5-3-9-18-17)11-21-14-8-7-12-4-2-6-16(19)15(12)10-14/h3,5,7-10,16,19H,2,4,6,11H2,1H3. The minimum Gasteiger partial charge on any atom is -0.489 e. The molecule has 4 heteroatoms. The molecule has 1 aliphatic carbocycles. The zero-order valence-electron chi connectivity index (χ0n) is 12.1. The van der Waals surface area contributed by atoms with Crippen molar-refractivity contribution in [1.82, 2.24) is 4.98 Å². The van der Waals surface area contributed by atoms with E-state index >= 15 is 0 Å². The largest absolute Gasteiger partial charge is 0.489 e. The van der Waals surface area contributed by atoms with Crippen molar-refractivity contribution >= 4 is 0 Å². The van der Waals surface area contributed by atoms with Crippen LogP contribution in [0.1, 0.15) is 35.6 Å². The monoisotopic (exact) mass is 285 g/mol. The number of rotatable bonds is 4. The fraction of sp³-hybridized carbons (Fsp3) is 0.353. The van der Waals surface area contributed by atoms with E-state index in [1.807, 2.05) is 30.3 Å². The van der Waals surface area contributed by atoms with E-state index in [1.165, 1.54) is 5.56 Å². The number of hydrogen-bond acceptors (Lipinski definition) is 4. The molecule has 21 heavy (non-hydrogen) atoms. The Morgan fingerprint density at radius 3 is 3.10 bits per heavy atom. The van der Waals surface area contributed by atoms with Gasteiger partial charge in [0, 0.05) is 6.20 Å². The number of ether oxygens (including phenoxy) is 2. The van der Waals surface area contributed by atoms with Crippen molar-refractivity contribution in [3.63, 3.8) is 0 Å². The average molecular weight is 285 g/mol. The van der Waals surface area contributed by atoms with Crippen LogP contribution in [0.2, 0.25) is 0 Å². The third-order valence-electron chi connectivity index (χ3n) is 3.84. The lowest BCUT2D eigenvalue weighted by molar-refractivity contribution is 0.156. The van der Waals surface area contributed by atoms with Gasteiger partial charge in [-0.15, -0.1) is 0 Å². The molecule has 1 unspecified atom stereocenters. The van der Waals surface area contributed by atoms with Crippen LogP contribution in [0.3, 0.4) is 0 Å².